The molecule has 2 atom stereocenters. The molecule has 1 aromatic carbocycles. The zero-order chi connectivity index (χ0) is 11.1. The number of hydrogen-bond donors (Lipinski definition) is 2. The molecule has 80 valence electrons. The maximum Gasteiger partial charge on any atom is 0.340 e. The van der Waals surface area contributed by atoms with Crippen molar-refractivity contribution in [3.63, 3.8) is 0 Å². The molecule has 2 rings (SSSR count). The lowest BCUT2D eigenvalue weighted by Gasteiger charge is -2.33. The third-order valence-electron chi connectivity index (χ3n) is 3.23. The van der Waals surface area contributed by atoms with Crippen LogP contribution in [0.4, 0.5) is 0 Å². The van der Waals surface area contributed by atoms with Crippen molar-refractivity contribution < 1.29 is 15.0 Å². The Bertz CT molecular complexity index is 400. The van der Waals surface area contributed by atoms with Crippen LogP contribution >= 0.6 is 0 Å². The molecular weight excluding hydrogens is 192 g/mol. The molecule has 0 radical (unpaired) electrons. The number of aliphatic hydroxyl groups is 1. The van der Waals surface area contributed by atoms with Crippen LogP contribution in [0.5, 0.6) is 0 Å². The van der Waals surface area contributed by atoms with Crippen molar-refractivity contribution in [3.8, 4) is 0 Å². The Hall–Kier alpha value is -1.35. The third-order valence-corrected chi connectivity index (χ3v) is 3.23. The van der Waals surface area contributed by atoms with E-state index in [9.17, 15) is 9.90 Å². The molecule has 0 amide bonds. The van der Waals surface area contributed by atoms with Crippen LogP contribution in [-0.4, -0.2) is 16.2 Å². The van der Waals surface area contributed by atoms with Crippen LogP contribution in [-0.2, 0) is 10.4 Å². The summed E-state index contributed by atoms with van der Waals surface area (Å²) >= 11 is 0. The van der Waals surface area contributed by atoms with Crippen molar-refractivity contribution in [3.05, 3.63) is 35.4 Å². The highest BCUT2D eigenvalue weighted by atomic mass is 16.4. The van der Waals surface area contributed by atoms with Gasteiger partial charge in [-0.1, -0.05) is 31.2 Å². The van der Waals surface area contributed by atoms with Crippen LogP contribution in [0.25, 0.3) is 0 Å². The maximum absolute atomic E-state index is 11.1. The molecule has 1 aliphatic carbocycles. The van der Waals surface area contributed by atoms with Crippen molar-refractivity contribution in [1.29, 1.82) is 0 Å². The standard InChI is InChI=1S/C12H14O3/c1-8-6-7-12(15,11(13)14)10-5-3-2-4-9(8)10/h2-5,8,15H,6-7H2,1H3,(H,13,14). The number of hydrogen-bond acceptors (Lipinski definition) is 2. The van der Waals surface area contributed by atoms with Crippen molar-refractivity contribution in [1.82, 2.24) is 0 Å². The van der Waals surface area contributed by atoms with E-state index >= 15 is 0 Å². The third kappa shape index (κ3) is 1.43. The van der Waals surface area contributed by atoms with Crippen molar-refractivity contribution in [2.75, 3.05) is 0 Å². The lowest BCUT2D eigenvalue weighted by atomic mass is 9.74. The molecule has 0 aliphatic heterocycles. The largest absolute Gasteiger partial charge is 0.479 e. The van der Waals surface area contributed by atoms with E-state index in [1.807, 2.05) is 12.1 Å². The van der Waals surface area contributed by atoms with E-state index in [4.69, 9.17) is 5.11 Å². The monoisotopic (exact) mass is 206 g/mol. The zero-order valence-electron chi connectivity index (χ0n) is 8.60. The maximum atomic E-state index is 11.1. The van der Waals surface area contributed by atoms with Gasteiger partial charge in [-0.05, 0) is 29.9 Å². The molecule has 0 bridgehead atoms. The molecule has 0 fully saturated rings. The van der Waals surface area contributed by atoms with Crippen LogP contribution in [0, 0.1) is 0 Å². The summed E-state index contributed by atoms with van der Waals surface area (Å²) in [5.74, 6) is -0.831. The Balaban J connectivity index is 2.58. The highest BCUT2D eigenvalue weighted by Crippen LogP contribution is 2.41. The Kier molecular flexibility index (Phi) is 2.27. The lowest BCUT2D eigenvalue weighted by Crippen LogP contribution is -2.39. The molecule has 2 N–H and O–H groups in total. The summed E-state index contributed by atoms with van der Waals surface area (Å²) in [5, 5.41) is 19.2. The fourth-order valence-corrected chi connectivity index (χ4v) is 2.24. The van der Waals surface area contributed by atoms with Gasteiger partial charge >= 0.3 is 5.97 Å². The summed E-state index contributed by atoms with van der Waals surface area (Å²) in [6.07, 6.45) is 1.00. The topological polar surface area (TPSA) is 57.5 Å². The molecule has 3 nitrogen and oxygen atoms in total. The van der Waals surface area contributed by atoms with Gasteiger partial charge in [0.25, 0.3) is 0 Å². The van der Waals surface area contributed by atoms with E-state index < -0.39 is 11.6 Å². The minimum Gasteiger partial charge on any atom is -0.479 e. The number of carbonyl (C=O) groups is 1. The van der Waals surface area contributed by atoms with Crippen molar-refractivity contribution in [2.45, 2.75) is 31.3 Å². The molecule has 2 unspecified atom stereocenters. The highest BCUT2D eigenvalue weighted by molar-refractivity contribution is 5.80. The molecule has 0 spiro atoms. The van der Waals surface area contributed by atoms with Crippen LogP contribution in [0.15, 0.2) is 24.3 Å². The molecule has 15 heavy (non-hydrogen) atoms. The SMILES string of the molecule is CC1CCC(O)(C(=O)O)c2ccccc21. The number of rotatable bonds is 1. The average molecular weight is 206 g/mol. The molecule has 3 heteroatoms. The first-order valence-corrected chi connectivity index (χ1v) is 5.11. The van der Waals surface area contributed by atoms with Gasteiger partial charge in [-0.15, -0.1) is 0 Å². The van der Waals surface area contributed by atoms with Crippen molar-refractivity contribution in [2.24, 2.45) is 0 Å². The molecule has 0 heterocycles. The van der Waals surface area contributed by atoms with E-state index in [0.717, 1.165) is 5.56 Å². The predicted molar refractivity (Wildman–Crippen MR) is 55.6 cm³/mol. The van der Waals surface area contributed by atoms with Gasteiger partial charge in [-0.25, -0.2) is 4.79 Å². The van der Waals surface area contributed by atoms with Gasteiger partial charge < -0.3 is 10.2 Å². The van der Waals surface area contributed by atoms with Gasteiger partial charge in [-0.2, -0.15) is 0 Å². The van der Waals surface area contributed by atoms with Crippen LogP contribution in [0.1, 0.15) is 36.8 Å². The summed E-state index contributed by atoms with van der Waals surface area (Å²) in [6.45, 7) is 2.06. The molecule has 0 aromatic heterocycles. The Labute approximate surface area is 88.4 Å². The first-order valence-electron chi connectivity index (χ1n) is 5.11. The van der Waals surface area contributed by atoms with Crippen LogP contribution < -0.4 is 0 Å². The first kappa shape index (κ1) is 10.2. The number of benzene rings is 1. The van der Waals surface area contributed by atoms with Crippen LogP contribution in [0.2, 0.25) is 0 Å². The van der Waals surface area contributed by atoms with Crippen molar-refractivity contribution >= 4 is 5.97 Å². The van der Waals surface area contributed by atoms with Gasteiger partial charge in [-0.3, -0.25) is 0 Å². The Morgan fingerprint density at radius 2 is 2.13 bits per heavy atom. The molecule has 1 aromatic rings. The van der Waals surface area contributed by atoms with E-state index in [0.29, 0.717) is 24.3 Å². The van der Waals surface area contributed by atoms with Crippen LogP contribution in [0.3, 0.4) is 0 Å². The van der Waals surface area contributed by atoms with E-state index in [-0.39, 0.29) is 0 Å². The summed E-state index contributed by atoms with van der Waals surface area (Å²) in [6, 6.07) is 7.25. The normalized spacial score (nSPS) is 29.6. The smallest absolute Gasteiger partial charge is 0.340 e. The second-order valence-corrected chi connectivity index (χ2v) is 4.19. The predicted octanol–water partition coefficient (Wildman–Crippen LogP) is 1.86. The number of carboxylic acids is 1. The number of carboxylic acid groups (broad SMARTS) is 1. The number of fused-ring (bicyclic) bond motifs is 1. The Morgan fingerprint density at radius 1 is 1.47 bits per heavy atom. The molecule has 0 saturated heterocycles. The average Bonchev–Trinajstić information content (AvgIpc) is 2.24. The Morgan fingerprint density at radius 3 is 2.80 bits per heavy atom. The summed E-state index contributed by atoms with van der Waals surface area (Å²) in [7, 11) is 0. The van der Waals surface area contributed by atoms with Gasteiger partial charge in [0.05, 0.1) is 0 Å². The lowest BCUT2D eigenvalue weighted by molar-refractivity contribution is -0.161. The second-order valence-electron chi connectivity index (χ2n) is 4.19. The number of aliphatic carboxylic acids is 1. The quantitative estimate of drug-likeness (QED) is 0.737. The zero-order valence-corrected chi connectivity index (χ0v) is 8.60. The molecule has 0 saturated carbocycles. The summed E-state index contributed by atoms with van der Waals surface area (Å²) in [4.78, 5) is 11.1. The molecule has 1 aliphatic rings. The fourth-order valence-electron chi connectivity index (χ4n) is 2.24. The fraction of sp³-hybridized carbons (Fsp3) is 0.417. The van der Waals surface area contributed by atoms with E-state index in [2.05, 4.69) is 6.92 Å². The van der Waals surface area contributed by atoms with Gasteiger partial charge in [0.15, 0.2) is 5.60 Å². The minimum atomic E-state index is -1.69. The molecular formula is C12H14O3. The minimum absolute atomic E-state index is 0.292. The van der Waals surface area contributed by atoms with E-state index in [1.54, 1.807) is 12.1 Å². The van der Waals surface area contributed by atoms with Gasteiger partial charge in [0, 0.05) is 0 Å². The summed E-state index contributed by atoms with van der Waals surface area (Å²) < 4.78 is 0. The van der Waals surface area contributed by atoms with Gasteiger partial charge in [0.2, 0.25) is 0 Å². The highest BCUT2D eigenvalue weighted by Gasteiger charge is 2.43. The van der Waals surface area contributed by atoms with Gasteiger partial charge in [0.1, 0.15) is 0 Å². The first-order chi connectivity index (χ1) is 7.05. The summed E-state index contributed by atoms with van der Waals surface area (Å²) in [5.41, 5.74) is -0.187. The second kappa shape index (κ2) is 3.35. The van der Waals surface area contributed by atoms with E-state index in [1.165, 1.54) is 0 Å².